The van der Waals surface area contributed by atoms with Crippen LogP contribution in [0, 0.1) is 19.7 Å². The van der Waals surface area contributed by atoms with Gasteiger partial charge < -0.3 is 24.6 Å². The molecule has 1 aromatic heterocycles. The molecule has 1 aliphatic heterocycles. The van der Waals surface area contributed by atoms with Crippen molar-refractivity contribution in [3.05, 3.63) is 63.7 Å². The summed E-state index contributed by atoms with van der Waals surface area (Å²) in [5, 5.41) is 11.4. The van der Waals surface area contributed by atoms with Gasteiger partial charge in [-0.3, -0.25) is 9.59 Å². The van der Waals surface area contributed by atoms with E-state index < -0.39 is 29.5 Å². The van der Waals surface area contributed by atoms with E-state index in [1.807, 2.05) is 13.8 Å². The zero-order valence-corrected chi connectivity index (χ0v) is 20.8. The number of likely N-dealkylation sites (tertiary alicyclic amines) is 1. The van der Waals surface area contributed by atoms with Gasteiger partial charge >= 0.3 is 5.97 Å². The van der Waals surface area contributed by atoms with Gasteiger partial charge in [0.1, 0.15) is 17.3 Å². The van der Waals surface area contributed by atoms with Crippen molar-refractivity contribution in [1.29, 1.82) is 0 Å². The molecular formula is C26H32FN3O5. The molecule has 0 saturated carbocycles. The fourth-order valence-electron chi connectivity index (χ4n) is 4.54. The number of nitrogens with one attached hydrogen (secondary N) is 1. The second-order valence-electron chi connectivity index (χ2n) is 8.42. The number of ether oxygens (including phenoxy) is 1. The highest BCUT2D eigenvalue weighted by Gasteiger charge is 2.46. The topological polar surface area (TPSA) is 103 Å². The molecule has 0 radical (unpaired) electrons. The number of aliphatic hydroxyl groups is 1. The van der Waals surface area contributed by atoms with Crippen LogP contribution in [-0.4, -0.2) is 70.3 Å². The number of nitrogens with zero attached hydrogens (tertiary/aromatic N) is 2. The quantitative estimate of drug-likeness (QED) is 0.243. The summed E-state index contributed by atoms with van der Waals surface area (Å²) < 4.78 is 18.8. The van der Waals surface area contributed by atoms with Crippen LogP contribution in [0.25, 0.3) is 5.76 Å². The van der Waals surface area contributed by atoms with Gasteiger partial charge in [0.2, 0.25) is 0 Å². The second-order valence-corrected chi connectivity index (χ2v) is 8.42. The Kier molecular flexibility index (Phi) is 8.11. The first-order chi connectivity index (χ1) is 16.7. The van der Waals surface area contributed by atoms with E-state index >= 15 is 0 Å². The van der Waals surface area contributed by atoms with E-state index in [4.69, 9.17) is 4.74 Å². The van der Waals surface area contributed by atoms with E-state index in [2.05, 4.69) is 9.88 Å². The van der Waals surface area contributed by atoms with Crippen molar-refractivity contribution in [3.63, 3.8) is 0 Å². The van der Waals surface area contributed by atoms with E-state index in [9.17, 15) is 23.9 Å². The number of aliphatic hydroxyl groups excluding tert-OH is 1. The minimum absolute atomic E-state index is 0.0956. The van der Waals surface area contributed by atoms with Gasteiger partial charge in [-0.05, 0) is 57.1 Å². The summed E-state index contributed by atoms with van der Waals surface area (Å²) in [6.07, 6.45) is 0. The third kappa shape index (κ3) is 5.00. The summed E-state index contributed by atoms with van der Waals surface area (Å²) in [4.78, 5) is 45.2. The molecule has 9 heteroatoms. The highest BCUT2D eigenvalue weighted by atomic mass is 19.1. The number of likely N-dealkylation sites (N-methyl/N-ethyl adjacent to an activating group) is 1. The first-order valence-corrected chi connectivity index (χ1v) is 11.8. The van der Waals surface area contributed by atoms with Crippen molar-refractivity contribution in [1.82, 2.24) is 14.8 Å². The Bertz CT molecular complexity index is 1150. The number of esters is 1. The first-order valence-electron chi connectivity index (χ1n) is 11.8. The lowest BCUT2D eigenvalue weighted by Crippen LogP contribution is -2.38. The Morgan fingerprint density at radius 1 is 1.14 bits per heavy atom. The molecule has 188 valence electrons. The van der Waals surface area contributed by atoms with Crippen LogP contribution in [0.3, 0.4) is 0 Å². The SMILES string of the molecule is CCOC(=O)c1[nH]c(C)c(C(O)=C2C(=O)C(=O)N(CCN(CC)CC)C2c2ccc(F)cc2)c1C. The fourth-order valence-corrected chi connectivity index (χ4v) is 4.54. The average Bonchev–Trinajstić information content (AvgIpc) is 3.27. The molecule has 0 spiro atoms. The molecule has 1 unspecified atom stereocenters. The molecule has 3 rings (SSSR count). The van der Waals surface area contributed by atoms with Crippen LogP contribution in [0.4, 0.5) is 4.39 Å². The smallest absolute Gasteiger partial charge is 0.355 e. The number of carbonyl (C=O) groups excluding carboxylic acids is 3. The summed E-state index contributed by atoms with van der Waals surface area (Å²) in [5.41, 5.74) is 1.70. The zero-order valence-electron chi connectivity index (χ0n) is 20.8. The number of ketones is 1. The van der Waals surface area contributed by atoms with Crippen molar-refractivity contribution in [3.8, 4) is 0 Å². The second kappa shape index (κ2) is 10.9. The van der Waals surface area contributed by atoms with E-state index in [0.717, 1.165) is 13.1 Å². The molecule has 2 N–H and O–H groups in total. The Balaban J connectivity index is 2.16. The standard InChI is InChI=1S/C26H32FN3O5/c1-6-29(7-2)13-14-30-22(17-9-11-18(27)12-10-17)20(24(32)25(30)33)23(31)19-15(4)21(28-16(19)5)26(34)35-8-3/h9-12,22,28,31H,6-8,13-14H2,1-5H3. The predicted molar refractivity (Wildman–Crippen MR) is 129 cm³/mol. The van der Waals surface area contributed by atoms with Crippen molar-refractivity contribution in [2.75, 3.05) is 32.8 Å². The normalized spacial score (nSPS) is 17.5. The number of benzene rings is 1. The van der Waals surface area contributed by atoms with Crippen molar-refractivity contribution >= 4 is 23.4 Å². The lowest BCUT2D eigenvalue weighted by atomic mass is 9.94. The molecule has 2 heterocycles. The van der Waals surface area contributed by atoms with Crippen molar-refractivity contribution in [2.45, 2.75) is 40.7 Å². The lowest BCUT2D eigenvalue weighted by Gasteiger charge is -2.28. The van der Waals surface area contributed by atoms with Crippen molar-refractivity contribution < 1.29 is 28.6 Å². The number of aromatic nitrogens is 1. The van der Waals surface area contributed by atoms with Crippen LogP contribution >= 0.6 is 0 Å². The molecular weight excluding hydrogens is 453 g/mol. The maximum atomic E-state index is 13.7. The molecule has 35 heavy (non-hydrogen) atoms. The highest BCUT2D eigenvalue weighted by Crippen LogP contribution is 2.40. The van der Waals surface area contributed by atoms with Gasteiger partial charge in [0, 0.05) is 24.3 Å². The lowest BCUT2D eigenvalue weighted by molar-refractivity contribution is -0.140. The molecule has 1 aliphatic rings. The summed E-state index contributed by atoms with van der Waals surface area (Å²) in [7, 11) is 0. The molecule has 1 amide bonds. The molecule has 0 bridgehead atoms. The average molecular weight is 486 g/mol. The van der Waals surface area contributed by atoms with Gasteiger partial charge in [0.25, 0.3) is 11.7 Å². The Labute approximate surface area is 204 Å². The van der Waals surface area contributed by atoms with Crippen LogP contribution in [-0.2, 0) is 14.3 Å². The fraction of sp³-hybridized carbons (Fsp3) is 0.423. The van der Waals surface area contributed by atoms with Crippen LogP contribution in [0.15, 0.2) is 29.8 Å². The van der Waals surface area contributed by atoms with Gasteiger partial charge in [-0.25, -0.2) is 9.18 Å². The van der Waals surface area contributed by atoms with Gasteiger partial charge in [0.15, 0.2) is 0 Å². The number of H-pyrrole nitrogens is 1. The predicted octanol–water partition coefficient (Wildman–Crippen LogP) is 3.71. The molecule has 1 aromatic carbocycles. The number of hydrogen-bond acceptors (Lipinski definition) is 6. The Hall–Kier alpha value is -3.46. The van der Waals surface area contributed by atoms with E-state index in [0.29, 0.717) is 23.4 Å². The van der Waals surface area contributed by atoms with Gasteiger partial charge in [-0.15, -0.1) is 0 Å². The zero-order chi connectivity index (χ0) is 25.9. The maximum absolute atomic E-state index is 13.7. The van der Waals surface area contributed by atoms with Crippen LogP contribution in [0.1, 0.15) is 59.7 Å². The third-order valence-electron chi connectivity index (χ3n) is 6.43. The van der Waals surface area contributed by atoms with Gasteiger partial charge in [-0.2, -0.15) is 0 Å². The van der Waals surface area contributed by atoms with Gasteiger partial charge in [0.05, 0.1) is 18.2 Å². The molecule has 1 atom stereocenters. The highest BCUT2D eigenvalue weighted by molar-refractivity contribution is 6.46. The minimum Gasteiger partial charge on any atom is -0.507 e. The third-order valence-corrected chi connectivity index (χ3v) is 6.43. The molecule has 1 saturated heterocycles. The van der Waals surface area contributed by atoms with E-state index in [-0.39, 0.29) is 35.7 Å². The number of hydrogen-bond donors (Lipinski definition) is 2. The Morgan fingerprint density at radius 2 is 1.77 bits per heavy atom. The van der Waals surface area contributed by atoms with Crippen molar-refractivity contribution in [2.24, 2.45) is 0 Å². The first kappa shape index (κ1) is 26.2. The van der Waals surface area contributed by atoms with Gasteiger partial charge in [-0.1, -0.05) is 26.0 Å². The van der Waals surface area contributed by atoms with Crippen LogP contribution in [0.5, 0.6) is 0 Å². The summed E-state index contributed by atoms with van der Waals surface area (Å²) in [6, 6.07) is 4.62. The molecule has 1 fully saturated rings. The number of aryl methyl sites for hydroxylation is 1. The van der Waals surface area contributed by atoms with E-state index in [1.165, 1.54) is 29.2 Å². The van der Waals surface area contributed by atoms with E-state index in [1.54, 1.807) is 20.8 Å². The summed E-state index contributed by atoms with van der Waals surface area (Å²) in [5.74, 6) is -2.98. The number of amides is 1. The minimum atomic E-state index is -0.897. The molecule has 0 aliphatic carbocycles. The summed E-state index contributed by atoms with van der Waals surface area (Å²) in [6.45, 7) is 11.5. The number of halogens is 1. The number of rotatable bonds is 9. The number of carbonyl (C=O) groups is 3. The van der Waals surface area contributed by atoms with Crippen LogP contribution in [0.2, 0.25) is 0 Å². The maximum Gasteiger partial charge on any atom is 0.355 e. The Morgan fingerprint density at radius 3 is 2.34 bits per heavy atom. The summed E-state index contributed by atoms with van der Waals surface area (Å²) >= 11 is 0. The monoisotopic (exact) mass is 485 g/mol. The largest absolute Gasteiger partial charge is 0.507 e. The molecule has 8 nitrogen and oxygen atoms in total. The van der Waals surface area contributed by atoms with Crippen LogP contribution < -0.4 is 0 Å². The number of Topliss-reactive ketones (excluding diaryl/α,β-unsaturated/α-hetero) is 1. The molecule has 2 aromatic rings. The number of aromatic amines is 1.